The molecule has 186 valence electrons. The molecule has 2 aromatic carbocycles. The van der Waals surface area contributed by atoms with Gasteiger partial charge in [0.25, 0.3) is 5.91 Å². The Morgan fingerprint density at radius 3 is 2.63 bits per heavy atom. The second kappa shape index (κ2) is 11.5. The van der Waals surface area contributed by atoms with Crippen molar-refractivity contribution in [2.24, 2.45) is 5.92 Å². The number of methoxy groups -OCH3 is 1. The number of hydrogen-bond donors (Lipinski definition) is 1. The minimum absolute atomic E-state index is 0.0352. The Morgan fingerprint density at radius 2 is 1.91 bits per heavy atom. The Kier molecular flexibility index (Phi) is 8.23. The van der Waals surface area contributed by atoms with Crippen molar-refractivity contribution >= 4 is 35.6 Å². The Labute approximate surface area is 210 Å². The predicted octanol–water partition coefficient (Wildman–Crippen LogP) is 6.12. The molecule has 0 bridgehead atoms. The maximum absolute atomic E-state index is 13.7. The van der Waals surface area contributed by atoms with Gasteiger partial charge >= 0.3 is 6.16 Å². The van der Waals surface area contributed by atoms with Crippen molar-refractivity contribution in [2.45, 2.75) is 51.1 Å². The number of thioether (sulfide) groups is 1. The number of para-hydroxylation sites is 1. The van der Waals surface area contributed by atoms with Crippen LogP contribution in [0.5, 0.6) is 11.5 Å². The topological polar surface area (TPSA) is 77.1 Å². The first-order valence-electron chi connectivity index (χ1n) is 12.1. The van der Waals surface area contributed by atoms with Gasteiger partial charge in [0.05, 0.1) is 18.6 Å². The molecule has 8 heteroatoms. The minimum atomic E-state index is -0.787. The molecule has 1 heterocycles. The summed E-state index contributed by atoms with van der Waals surface area (Å²) in [5.74, 6) is 1.14. The van der Waals surface area contributed by atoms with Crippen LogP contribution in [-0.2, 0) is 9.53 Å². The highest BCUT2D eigenvalue weighted by molar-refractivity contribution is 8.05. The van der Waals surface area contributed by atoms with Gasteiger partial charge in [-0.05, 0) is 61.6 Å². The first-order chi connectivity index (χ1) is 17.0. The Morgan fingerprint density at radius 1 is 1.14 bits per heavy atom. The van der Waals surface area contributed by atoms with Crippen LogP contribution in [-0.4, -0.2) is 42.2 Å². The van der Waals surface area contributed by atoms with Crippen molar-refractivity contribution in [1.82, 2.24) is 4.90 Å². The van der Waals surface area contributed by atoms with Gasteiger partial charge in [-0.15, -0.1) is 0 Å². The summed E-state index contributed by atoms with van der Waals surface area (Å²) in [5, 5.41) is 3.55. The molecule has 7 nitrogen and oxygen atoms in total. The van der Waals surface area contributed by atoms with E-state index in [1.165, 1.54) is 25.3 Å². The summed E-state index contributed by atoms with van der Waals surface area (Å²) in [5.41, 5.74) is 1.58. The van der Waals surface area contributed by atoms with Gasteiger partial charge < -0.3 is 24.4 Å². The molecule has 0 spiro atoms. The number of nitrogens with one attached hydrogen (secondary N) is 1. The number of carbonyl (C=O) groups excluding carboxylic acids is 2. The predicted molar refractivity (Wildman–Crippen MR) is 138 cm³/mol. The molecule has 2 aliphatic rings. The van der Waals surface area contributed by atoms with Crippen LogP contribution >= 0.6 is 11.8 Å². The van der Waals surface area contributed by atoms with Gasteiger partial charge in [0.15, 0.2) is 17.0 Å². The summed E-state index contributed by atoms with van der Waals surface area (Å²) in [4.78, 5) is 28.1. The molecule has 1 saturated heterocycles. The quantitative estimate of drug-likeness (QED) is 0.281. The Hall–Kier alpha value is -3.13. The second-order valence-corrected chi connectivity index (χ2v) is 9.85. The van der Waals surface area contributed by atoms with Gasteiger partial charge in [-0.1, -0.05) is 55.8 Å². The van der Waals surface area contributed by atoms with Crippen LogP contribution in [0.25, 0.3) is 6.08 Å². The van der Waals surface area contributed by atoms with E-state index >= 15 is 0 Å². The second-order valence-electron chi connectivity index (χ2n) is 8.73. The fourth-order valence-electron chi connectivity index (χ4n) is 4.61. The van der Waals surface area contributed by atoms with Crippen molar-refractivity contribution in [3.8, 4) is 11.5 Å². The largest absolute Gasteiger partial charge is 0.513 e. The van der Waals surface area contributed by atoms with Crippen LogP contribution in [0.3, 0.4) is 0 Å². The van der Waals surface area contributed by atoms with E-state index in [4.69, 9.17) is 14.2 Å². The van der Waals surface area contributed by atoms with Gasteiger partial charge in [0.1, 0.15) is 0 Å². The minimum Gasteiger partial charge on any atom is -0.493 e. The molecule has 1 aliphatic carbocycles. The highest BCUT2D eigenvalue weighted by Gasteiger charge is 2.42. The number of rotatable bonds is 7. The number of ether oxygens (including phenoxy) is 3. The number of amides is 1. The molecule has 3 atom stereocenters. The van der Waals surface area contributed by atoms with Crippen LogP contribution in [0.15, 0.2) is 53.4 Å². The molecule has 0 radical (unpaired) electrons. The highest BCUT2D eigenvalue weighted by atomic mass is 32.2. The average Bonchev–Trinajstić information content (AvgIpc) is 3.15. The van der Waals surface area contributed by atoms with E-state index in [2.05, 4.69) is 12.2 Å². The lowest BCUT2D eigenvalue weighted by Gasteiger charge is -2.39. The molecular weight excluding hydrogens is 464 g/mol. The van der Waals surface area contributed by atoms with Crippen molar-refractivity contribution in [2.75, 3.05) is 19.0 Å². The molecule has 0 aromatic heterocycles. The van der Waals surface area contributed by atoms with Crippen molar-refractivity contribution < 1.29 is 23.8 Å². The molecule has 1 N–H and O–H groups in total. The van der Waals surface area contributed by atoms with E-state index in [-0.39, 0.29) is 29.8 Å². The highest BCUT2D eigenvalue weighted by Crippen LogP contribution is 2.42. The normalized spacial score (nSPS) is 23.3. The molecule has 1 amide bonds. The molecule has 1 unspecified atom stereocenters. The maximum Gasteiger partial charge on any atom is 0.513 e. The van der Waals surface area contributed by atoms with E-state index in [1.54, 1.807) is 25.1 Å². The fourth-order valence-corrected chi connectivity index (χ4v) is 5.83. The summed E-state index contributed by atoms with van der Waals surface area (Å²) < 4.78 is 15.5. The van der Waals surface area contributed by atoms with Crippen molar-refractivity contribution in [3.05, 3.63) is 59.0 Å². The van der Waals surface area contributed by atoms with Crippen LogP contribution in [0.1, 0.15) is 45.1 Å². The summed E-state index contributed by atoms with van der Waals surface area (Å²) >= 11 is 1.53. The van der Waals surface area contributed by atoms with Crippen molar-refractivity contribution in [3.63, 3.8) is 0 Å². The fraction of sp³-hybridized carbons (Fsp3) is 0.407. The summed E-state index contributed by atoms with van der Waals surface area (Å²) in [7, 11) is 1.51. The van der Waals surface area contributed by atoms with Gasteiger partial charge in [-0.2, -0.15) is 0 Å². The molecule has 1 saturated carbocycles. The van der Waals surface area contributed by atoms with E-state index in [1.807, 2.05) is 41.3 Å². The standard InChI is InChI=1S/C27H32N2O5S/c1-4-33-27(31)34-22-15-14-19(16-23(22)32-3)17-24-25(30)29(21-13-9-8-10-18(21)2)26(35-24)28-20-11-6-5-7-12-20/h5-7,11-12,14-18,21,26,28H,4,8-10,13H2,1-3H3/b24-17-/t18-,21+,26?/m1/s1. The maximum atomic E-state index is 13.7. The van der Waals surface area contributed by atoms with Gasteiger partial charge in [0, 0.05) is 11.7 Å². The van der Waals surface area contributed by atoms with Crippen molar-refractivity contribution in [1.29, 1.82) is 0 Å². The third-order valence-corrected chi connectivity index (χ3v) is 7.48. The first-order valence-corrected chi connectivity index (χ1v) is 12.9. The summed E-state index contributed by atoms with van der Waals surface area (Å²) in [6.07, 6.45) is 5.59. The van der Waals surface area contributed by atoms with Gasteiger partial charge in [0.2, 0.25) is 0 Å². The third-order valence-electron chi connectivity index (χ3n) is 6.36. The Balaban J connectivity index is 1.60. The number of hydrogen-bond acceptors (Lipinski definition) is 7. The summed E-state index contributed by atoms with van der Waals surface area (Å²) in [6, 6.07) is 15.4. The molecule has 2 aromatic rings. The third kappa shape index (κ3) is 5.93. The zero-order chi connectivity index (χ0) is 24.8. The smallest absolute Gasteiger partial charge is 0.493 e. The number of anilines is 1. The number of nitrogens with zero attached hydrogens (tertiary/aromatic N) is 1. The molecule has 2 fully saturated rings. The lowest BCUT2D eigenvalue weighted by Crippen LogP contribution is -2.48. The van der Waals surface area contributed by atoms with E-state index < -0.39 is 6.16 Å². The zero-order valence-corrected chi connectivity index (χ0v) is 21.2. The number of benzene rings is 2. The lowest BCUT2D eigenvalue weighted by molar-refractivity contribution is -0.129. The first kappa shape index (κ1) is 25.0. The van der Waals surface area contributed by atoms with Gasteiger partial charge in [-0.3, -0.25) is 4.79 Å². The van der Waals surface area contributed by atoms with Crippen LogP contribution in [0.4, 0.5) is 10.5 Å². The molecular formula is C27H32N2O5S. The zero-order valence-electron chi connectivity index (χ0n) is 20.4. The van der Waals surface area contributed by atoms with Crippen LogP contribution < -0.4 is 14.8 Å². The lowest BCUT2D eigenvalue weighted by atomic mass is 9.85. The molecule has 1 aliphatic heterocycles. The van der Waals surface area contributed by atoms with E-state index in [0.717, 1.165) is 30.5 Å². The monoisotopic (exact) mass is 496 g/mol. The number of carbonyl (C=O) groups is 2. The Bertz CT molecular complexity index is 1070. The summed E-state index contributed by atoms with van der Waals surface area (Å²) in [6.45, 7) is 4.18. The van der Waals surface area contributed by atoms with E-state index in [0.29, 0.717) is 16.6 Å². The molecule has 4 rings (SSSR count). The van der Waals surface area contributed by atoms with Crippen LogP contribution in [0.2, 0.25) is 0 Å². The van der Waals surface area contributed by atoms with Gasteiger partial charge in [-0.25, -0.2) is 4.79 Å². The SMILES string of the molecule is CCOC(=O)Oc1ccc(/C=C2\SC(Nc3ccccc3)N([C@H]3CCCC[C@H]3C)C2=O)cc1OC. The van der Waals surface area contributed by atoms with E-state index in [9.17, 15) is 9.59 Å². The average molecular weight is 497 g/mol. The van der Waals surface area contributed by atoms with Crippen LogP contribution in [0, 0.1) is 5.92 Å². The molecule has 35 heavy (non-hydrogen) atoms.